The number of hydrogen-bond acceptors (Lipinski definition) is 13. The molecule has 23 heteroatoms. The molecule has 0 aliphatic carbocycles. The van der Waals surface area contributed by atoms with E-state index in [1.54, 1.807) is 120 Å². The number of carboxylic acid groups (broad SMARTS) is 2. The largest absolute Gasteiger partial charge is 0.497 e. The molecular formula is C49H58ClN9O11S2. The summed E-state index contributed by atoms with van der Waals surface area (Å²) in [7, 11) is -5.78. The number of amides is 2. The van der Waals surface area contributed by atoms with Crippen molar-refractivity contribution in [2.24, 2.45) is 0 Å². The lowest BCUT2D eigenvalue weighted by molar-refractivity contribution is 0.0743. The van der Waals surface area contributed by atoms with Crippen molar-refractivity contribution >= 4 is 43.8 Å². The van der Waals surface area contributed by atoms with Crippen molar-refractivity contribution in [1.29, 1.82) is 0 Å². The van der Waals surface area contributed by atoms with Crippen molar-refractivity contribution in [1.82, 2.24) is 44.0 Å². The van der Waals surface area contributed by atoms with E-state index in [-0.39, 0.29) is 41.7 Å². The maximum absolute atomic E-state index is 16.3. The quantitative estimate of drug-likeness (QED) is 0.0619. The van der Waals surface area contributed by atoms with Gasteiger partial charge in [-0.05, 0) is 134 Å². The van der Waals surface area contributed by atoms with E-state index in [2.05, 4.69) is 25.2 Å². The van der Waals surface area contributed by atoms with E-state index in [1.807, 2.05) is 0 Å². The topological polar surface area (TPSA) is 249 Å². The number of nitrogens with one attached hydrogen (secondary N) is 1. The number of sulfonamides is 2. The van der Waals surface area contributed by atoms with E-state index < -0.39 is 72.2 Å². The van der Waals surface area contributed by atoms with Gasteiger partial charge in [0, 0.05) is 43.5 Å². The van der Waals surface area contributed by atoms with Gasteiger partial charge in [-0.3, -0.25) is 0 Å². The molecule has 0 bridgehead atoms. The summed E-state index contributed by atoms with van der Waals surface area (Å²) >= 11 is 6.48. The summed E-state index contributed by atoms with van der Waals surface area (Å²) in [4.78, 5) is 30.2. The predicted molar refractivity (Wildman–Crippen MR) is 269 cm³/mol. The molecule has 0 aliphatic heterocycles. The summed E-state index contributed by atoms with van der Waals surface area (Å²) in [5, 5.41) is 33.5. The Morgan fingerprint density at radius 1 is 0.708 bits per heavy atom. The third kappa shape index (κ3) is 13.0. The van der Waals surface area contributed by atoms with Gasteiger partial charge < -0.3 is 34.2 Å². The number of pyridine rings is 1. The SMILES string of the molecule is COc1ccc(CN(Cc2ccc(OC)cc2)S(=O)(=O)c2c(S(=O)(=O)NC(CN(C(=O)O)C(C)(C)C)CN(C(=O)O)C(C)(C)C)ccc(-c3ccnc(Cl)c3)c2-c2nnnn2Cc2ccc(OC)cc2)cc1. The molecule has 2 heterocycles. The standard InChI is InChI=1S/C49H58ClN9O11S2/c1-48(2,3)57(46(60)61)30-36(31-58(47(62)63)49(4,5)6)53-71(64,65)41-23-22-40(35-24-25-51-42(50)26-35)43(45-52-54-55-59(45)29-34-14-20-39(70-9)21-15-34)44(41)72(66,67)56(27-32-10-16-37(68-7)17-11-32)28-33-12-18-38(69-8)19-13-33/h10-26,36,53H,27-31H2,1-9H3,(H,60,61)(H,62,63). The fraction of sp³-hybridized carbons (Fsp3) is 0.347. The van der Waals surface area contributed by atoms with Crippen LogP contribution in [0.1, 0.15) is 58.2 Å². The number of hydrogen-bond donors (Lipinski definition) is 3. The number of nitrogens with zero attached hydrogens (tertiary/aromatic N) is 8. The van der Waals surface area contributed by atoms with Crippen LogP contribution in [0.15, 0.2) is 113 Å². The second-order valence-electron chi connectivity index (χ2n) is 18.6. The van der Waals surface area contributed by atoms with E-state index in [9.17, 15) is 19.8 Å². The molecule has 2 aromatic heterocycles. The molecule has 0 spiro atoms. The molecule has 0 radical (unpaired) electrons. The third-order valence-electron chi connectivity index (χ3n) is 11.5. The number of rotatable bonds is 20. The molecule has 20 nitrogen and oxygen atoms in total. The van der Waals surface area contributed by atoms with Crippen LogP contribution in [0.2, 0.25) is 5.15 Å². The highest BCUT2D eigenvalue weighted by molar-refractivity contribution is 7.92. The first-order valence-corrected chi connectivity index (χ1v) is 25.6. The Labute approximate surface area is 424 Å². The van der Waals surface area contributed by atoms with Gasteiger partial charge in [0.25, 0.3) is 0 Å². The molecule has 0 saturated heterocycles. The van der Waals surface area contributed by atoms with E-state index >= 15 is 16.8 Å². The van der Waals surface area contributed by atoms with Crippen molar-refractivity contribution in [3.63, 3.8) is 0 Å². The highest BCUT2D eigenvalue weighted by Crippen LogP contribution is 2.42. The van der Waals surface area contributed by atoms with Gasteiger partial charge in [0.2, 0.25) is 20.0 Å². The first-order chi connectivity index (χ1) is 33.9. The van der Waals surface area contributed by atoms with Gasteiger partial charge in [-0.1, -0.05) is 54.1 Å². The Bertz CT molecular complexity index is 3010. The molecule has 3 N–H and O–H groups in total. The zero-order chi connectivity index (χ0) is 52.8. The maximum Gasteiger partial charge on any atom is 0.407 e. The average molecular weight is 1050 g/mol. The van der Waals surface area contributed by atoms with Crippen molar-refractivity contribution in [2.75, 3.05) is 34.4 Å². The van der Waals surface area contributed by atoms with Crippen LogP contribution in [-0.4, -0.2) is 130 Å². The van der Waals surface area contributed by atoms with Gasteiger partial charge >= 0.3 is 12.2 Å². The average Bonchev–Trinajstić information content (AvgIpc) is 3.78. The van der Waals surface area contributed by atoms with Crippen molar-refractivity contribution in [3.05, 3.63) is 125 Å². The van der Waals surface area contributed by atoms with Crippen LogP contribution in [-0.2, 0) is 39.7 Å². The molecule has 0 saturated carbocycles. The van der Waals surface area contributed by atoms with Gasteiger partial charge in [0.15, 0.2) is 5.82 Å². The number of ether oxygens (including phenoxy) is 3. The highest BCUT2D eigenvalue weighted by Gasteiger charge is 2.41. The Hall–Kier alpha value is -6.85. The lowest BCUT2D eigenvalue weighted by Gasteiger charge is -2.40. The van der Waals surface area contributed by atoms with Crippen molar-refractivity contribution < 1.29 is 50.8 Å². The first-order valence-electron chi connectivity index (χ1n) is 22.3. The molecule has 384 valence electrons. The Morgan fingerprint density at radius 3 is 1.61 bits per heavy atom. The number of halogens is 1. The molecule has 72 heavy (non-hydrogen) atoms. The zero-order valence-electron chi connectivity index (χ0n) is 41.3. The Morgan fingerprint density at radius 2 is 1.18 bits per heavy atom. The van der Waals surface area contributed by atoms with Crippen LogP contribution in [0.25, 0.3) is 22.5 Å². The summed E-state index contributed by atoms with van der Waals surface area (Å²) < 4.78 is 85.0. The summed E-state index contributed by atoms with van der Waals surface area (Å²) in [6.07, 6.45) is -1.42. The van der Waals surface area contributed by atoms with Crippen LogP contribution >= 0.6 is 11.6 Å². The Balaban J connectivity index is 1.70. The molecule has 4 aromatic carbocycles. The number of tetrazole rings is 1. The lowest BCUT2D eigenvalue weighted by Crippen LogP contribution is -2.58. The van der Waals surface area contributed by atoms with Crippen LogP contribution in [0, 0.1) is 0 Å². The van der Waals surface area contributed by atoms with E-state index in [0.29, 0.717) is 39.5 Å². The number of benzene rings is 4. The lowest BCUT2D eigenvalue weighted by atomic mass is 10.00. The van der Waals surface area contributed by atoms with Crippen LogP contribution in [0.3, 0.4) is 0 Å². The van der Waals surface area contributed by atoms with Crippen LogP contribution in [0.5, 0.6) is 17.2 Å². The second kappa shape index (κ2) is 22.3. The van der Waals surface area contributed by atoms with E-state index in [1.165, 1.54) is 44.3 Å². The fourth-order valence-corrected chi connectivity index (χ4v) is 11.6. The van der Waals surface area contributed by atoms with Gasteiger partial charge in [-0.25, -0.2) is 40.8 Å². The van der Waals surface area contributed by atoms with E-state index in [0.717, 1.165) is 20.2 Å². The maximum atomic E-state index is 16.3. The number of carbonyl (C=O) groups is 2. The van der Waals surface area contributed by atoms with Gasteiger partial charge in [-0.2, -0.15) is 4.31 Å². The molecular weight excluding hydrogens is 990 g/mol. The summed E-state index contributed by atoms with van der Waals surface area (Å²) in [6.45, 7) is 7.87. The van der Waals surface area contributed by atoms with Crippen molar-refractivity contribution in [2.45, 2.75) is 88.1 Å². The van der Waals surface area contributed by atoms with Crippen LogP contribution in [0.4, 0.5) is 9.59 Å². The monoisotopic (exact) mass is 1050 g/mol. The third-order valence-corrected chi connectivity index (χ3v) is 15.3. The summed E-state index contributed by atoms with van der Waals surface area (Å²) in [6, 6.07) is 24.4. The van der Waals surface area contributed by atoms with Gasteiger partial charge in [0.1, 0.15) is 32.2 Å². The normalized spacial score (nSPS) is 12.2. The summed E-state index contributed by atoms with van der Waals surface area (Å²) in [5.41, 5.74) is -0.321. The second-order valence-corrected chi connectivity index (χ2v) is 22.6. The molecule has 0 atom stereocenters. The minimum Gasteiger partial charge on any atom is -0.497 e. The van der Waals surface area contributed by atoms with Gasteiger partial charge in [0.05, 0.1) is 39.5 Å². The molecule has 0 fully saturated rings. The molecule has 0 aliphatic rings. The number of aromatic nitrogens is 5. The molecule has 6 rings (SSSR count). The highest BCUT2D eigenvalue weighted by atomic mass is 35.5. The molecule has 0 unspecified atom stereocenters. The Kier molecular flexibility index (Phi) is 16.9. The number of methoxy groups -OCH3 is 3. The fourth-order valence-electron chi connectivity index (χ4n) is 7.82. The smallest absolute Gasteiger partial charge is 0.407 e. The molecule has 2 amide bonds. The minimum absolute atomic E-state index is 0.0310. The van der Waals surface area contributed by atoms with Crippen LogP contribution < -0.4 is 18.9 Å². The predicted octanol–water partition coefficient (Wildman–Crippen LogP) is 7.72. The first kappa shape index (κ1) is 54.5. The minimum atomic E-state index is -5.16. The van der Waals surface area contributed by atoms with Gasteiger partial charge in [-0.15, -0.1) is 5.10 Å². The summed E-state index contributed by atoms with van der Waals surface area (Å²) in [5.74, 6) is 1.42. The van der Waals surface area contributed by atoms with Crippen molar-refractivity contribution in [3.8, 4) is 39.8 Å². The molecule has 6 aromatic rings. The zero-order valence-corrected chi connectivity index (χ0v) is 43.7. The van der Waals surface area contributed by atoms with E-state index in [4.69, 9.17) is 25.8 Å².